The maximum absolute atomic E-state index is 11.5. The molecule has 0 saturated carbocycles. The van der Waals surface area contributed by atoms with Gasteiger partial charge < -0.3 is 19.5 Å². The van der Waals surface area contributed by atoms with Crippen LogP contribution in [0.15, 0.2) is 18.2 Å². The molecule has 0 radical (unpaired) electrons. The van der Waals surface area contributed by atoms with E-state index in [4.69, 9.17) is 4.74 Å². The number of ether oxygens (including phenoxy) is 1. The molecule has 1 aromatic carbocycles. The summed E-state index contributed by atoms with van der Waals surface area (Å²) < 4.78 is 5.85. The van der Waals surface area contributed by atoms with Gasteiger partial charge in [-0.1, -0.05) is 32.4 Å². The number of nitrogens with zero attached hydrogens (tertiary/aromatic N) is 1. The molecule has 0 bridgehead atoms. The molecular formula is C19H28NO3-. The lowest BCUT2D eigenvalue weighted by Gasteiger charge is -2.29. The monoisotopic (exact) mass is 318 g/mol. The fourth-order valence-corrected chi connectivity index (χ4v) is 3.08. The quantitative estimate of drug-likeness (QED) is 0.775. The summed E-state index contributed by atoms with van der Waals surface area (Å²) in [7, 11) is 0. The average molecular weight is 318 g/mol. The van der Waals surface area contributed by atoms with Gasteiger partial charge in [-0.15, -0.1) is 0 Å². The zero-order chi connectivity index (χ0) is 16.8. The molecule has 1 atom stereocenters. The van der Waals surface area contributed by atoms with Gasteiger partial charge in [-0.05, 0) is 56.0 Å². The predicted octanol–water partition coefficient (Wildman–Crippen LogP) is 2.49. The second-order valence-corrected chi connectivity index (χ2v) is 6.81. The number of likely N-dealkylation sites (tertiary alicyclic amines) is 1. The fourth-order valence-electron chi connectivity index (χ4n) is 3.08. The molecule has 0 N–H and O–H groups in total. The van der Waals surface area contributed by atoms with Crippen molar-refractivity contribution in [3.63, 3.8) is 0 Å². The second kappa shape index (κ2) is 8.34. The summed E-state index contributed by atoms with van der Waals surface area (Å²) in [5.41, 5.74) is 2.11. The van der Waals surface area contributed by atoms with Crippen molar-refractivity contribution >= 4 is 5.97 Å². The van der Waals surface area contributed by atoms with Crippen LogP contribution < -0.4 is 9.84 Å². The lowest BCUT2D eigenvalue weighted by molar-refractivity contribution is -0.314. The molecule has 0 aromatic heterocycles. The van der Waals surface area contributed by atoms with E-state index in [0.717, 1.165) is 30.8 Å². The molecule has 1 unspecified atom stereocenters. The zero-order valence-corrected chi connectivity index (χ0v) is 14.5. The first kappa shape index (κ1) is 17.8. The highest BCUT2D eigenvalue weighted by atomic mass is 16.5. The molecule has 0 spiro atoms. The first-order valence-corrected chi connectivity index (χ1v) is 8.68. The first-order chi connectivity index (χ1) is 11.0. The Balaban J connectivity index is 2.04. The van der Waals surface area contributed by atoms with Crippen molar-refractivity contribution in [2.45, 2.75) is 58.5 Å². The van der Waals surface area contributed by atoms with E-state index < -0.39 is 12.1 Å². The number of aliphatic carboxylic acids is 1. The van der Waals surface area contributed by atoms with E-state index >= 15 is 0 Å². The Morgan fingerprint density at radius 1 is 1.26 bits per heavy atom. The third-order valence-corrected chi connectivity index (χ3v) is 4.48. The number of carboxylic acid groups (broad SMARTS) is 1. The van der Waals surface area contributed by atoms with Crippen LogP contribution in [0.25, 0.3) is 0 Å². The van der Waals surface area contributed by atoms with Crippen molar-refractivity contribution in [1.82, 2.24) is 4.90 Å². The number of rotatable bonds is 7. The van der Waals surface area contributed by atoms with Crippen molar-refractivity contribution in [3.8, 4) is 5.75 Å². The highest BCUT2D eigenvalue weighted by Gasteiger charge is 2.18. The zero-order valence-electron chi connectivity index (χ0n) is 14.5. The Hall–Kier alpha value is -1.55. The molecule has 128 valence electrons. The summed E-state index contributed by atoms with van der Waals surface area (Å²) in [6.07, 6.45) is 3.25. The normalized spacial score (nSPS) is 17.2. The summed E-state index contributed by atoms with van der Waals surface area (Å²) in [6, 6.07) is 5.97. The second-order valence-electron chi connectivity index (χ2n) is 6.81. The van der Waals surface area contributed by atoms with Gasteiger partial charge in [0.2, 0.25) is 0 Å². The van der Waals surface area contributed by atoms with Crippen LogP contribution in [0.1, 0.15) is 56.6 Å². The number of hydrogen-bond acceptors (Lipinski definition) is 4. The van der Waals surface area contributed by atoms with Crippen molar-refractivity contribution in [2.24, 2.45) is 0 Å². The van der Waals surface area contributed by atoms with Gasteiger partial charge >= 0.3 is 0 Å². The van der Waals surface area contributed by atoms with Crippen molar-refractivity contribution in [1.29, 1.82) is 0 Å². The number of piperidine rings is 1. The van der Waals surface area contributed by atoms with Crippen LogP contribution in [0.5, 0.6) is 5.75 Å². The molecule has 4 nitrogen and oxygen atoms in total. The summed E-state index contributed by atoms with van der Waals surface area (Å²) in [5, 5.41) is 11.5. The molecule has 1 aliphatic heterocycles. The molecule has 2 rings (SSSR count). The summed E-state index contributed by atoms with van der Waals surface area (Å²) in [4.78, 5) is 13.8. The average Bonchev–Trinajstić information content (AvgIpc) is 2.51. The van der Waals surface area contributed by atoms with E-state index in [2.05, 4.69) is 18.7 Å². The summed E-state index contributed by atoms with van der Waals surface area (Å²) >= 11 is 0. The van der Waals surface area contributed by atoms with Crippen LogP contribution in [0.2, 0.25) is 0 Å². The summed E-state index contributed by atoms with van der Waals surface area (Å²) in [6.45, 7) is 9.02. The highest BCUT2D eigenvalue weighted by Crippen LogP contribution is 2.28. The maximum Gasteiger partial charge on any atom is 0.139 e. The van der Waals surface area contributed by atoms with Gasteiger partial charge in [0, 0.05) is 13.0 Å². The van der Waals surface area contributed by atoms with E-state index in [1.807, 2.05) is 25.1 Å². The number of aryl methyl sites for hydroxylation is 1. The van der Waals surface area contributed by atoms with Crippen molar-refractivity contribution in [3.05, 3.63) is 29.3 Å². The van der Waals surface area contributed by atoms with Crippen LogP contribution in [-0.2, 0) is 4.79 Å². The topological polar surface area (TPSA) is 52.6 Å². The largest absolute Gasteiger partial charge is 0.546 e. The molecule has 1 aliphatic rings. The van der Waals surface area contributed by atoms with Gasteiger partial charge in [0.15, 0.2) is 0 Å². The first-order valence-electron chi connectivity index (χ1n) is 8.68. The van der Waals surface area contributed by atoms with Crippen molar-refractivity contribution < 1.29 is 14.6 Å². The predicted molar refractivity (Wildman–Crippen MR) is 89.6 cm³/mol. The lowest BCUT2D eigenvalue weighted by atomic mass is 10.0. The van der Waals surface area contributed by atoms with E-state index in [1.165, 1.54) is 19.3 Å². The molecule has 1 aromatic rings. The van der Waals surface area contributed by atoms with Crippen LogP contribution in [0.4, 0.5) is 0 Å². The fraction of sp³-hybridized carbons (Fsp3) is 0.632. The maximum atomic E-state index is 11.5. The number of carboxylic acids is 1. The van der Waals surface area contributed by atoms with Crippen LogP contribution in [0, 0.1) is 6.92 Å². The van der Waals surface area contributed by atoms with Gasteiger partial charge in [0.1, 0.15) is 11.9 Å². The minimum atomic E-state index is -1.13. The molecule has 23 heavy (non-hydrogen) atoms. The van der Waals surface area contributed by atoms with Crippen LogP contribution in [-0.4, -0.2) is 36.6 Å². The number of carbonyl (C=O) groups is 1. The van der Waals surface area contributed by atoms with Gasteiger partial charge in [-0.2, -0.15) is 0 Å². The highest BCUT2D eigenvalue weighted by molar-refractivity contribution is 5.70. The Labute approximate surface area is 139 Å². The molecule has 1 saturated heterocycles. The molecule has 1 heterocycles. The van der Waals surface area contributed by atoms with Crippen molar-refractivity contribution in [2.75, 3.05) is 19.6 Å². The third kappa shape index (κ3) is 5.24. The Bertz CT molecular complexity index is 521. The van der Waals surface area contributed by atoms with Crippen LogP contribution in [0.3, 0.4) is 0 Å². The van der Waals surface area contributed by atoms with Crippen LogP contribution >= 0.6 is 0 Å². The molecule has 0 aliphatic carbocycles. The number of carbonyl (C=O) groups excluding carboxylic acids is 1. The number of benzene rings is 1. The Morgan fingerprint density at radius 3 is 2.57 bits per heavy atom. The number of hydrogen-bond donors (Lipinski definition) is 0. The molecular weight excluding hydrogens is 290 g/mol. The van der Waals surface area contributed by atoms with Gasteiger partial charge in [-0.3, -0.25) is 0 Å². The molecule has 1 fully saturated rings. The third-order valence-electron chi connectivity index (χ3n) is 4.48. The van der Waals surface area contributed by atoms with E-state index in [-0.39, 0.29) is 5.92 Å². The van der Waals surface area contributed by atoms with E-state index in [9.17, 15) is 9.90 Å². The van der Waals surface area contributed by atoms with E-state index in [0.29, 0.717) is 12.2 Å². The summed E-state index contributed by atoms with van der Waals surface area (Å²) in [5.74, 6) is -0.166. The molecule has 4 heteroatoms. The SMILES string of the molecule is Cc1ccc(C(C)C)c(OC(CCN2CCCCC2)C(=O)[O-])c1. The Morgan fingerprint density at radius 2 is 1.96 bits per heavy atom. The van der Waals surface area contributed by atoms with Gasteiger partial charge in [0.05, 0.1) is 5.97 Å². The standard InChI is InChI=1S/C19H29NO3/c1-14(2)16-8-7-15(3)13-18(16)23-17(19(21)22)9-12-20-10-5-4-6-11-20/h7-8,13-14,17H,4-6,9-12H2,1-3H3,(H,21,22)/p-1. The Kier molecular flexibility index (Phi) is 6.46. The smallest absolute Gasteiger partial charge is 0.139 e. The lowest BCUT2D eigenvalue weighted by Crippen LogP contribution is -2.42. The minimum Gasteiger partial charge on any atom is -0.546 e. The minimum absolute atomic E-state index is 0.287. The van der Waals surface area contributed by atoms with Gasteiger partial charge in [0.25, 0.3) is 0 Å². The van der Waals surface area contributed by atoms with E-state index in [1.54, 1.807) is 0 Å². The van der Waals surface area contributed by atoms with Gasteiger partial charge in [-0.25, -0.2) is 0 Å². The molecule has 0 amide bonds.